The van der Waals surface area contributed by atoms with Crippen LogP contribution in [-0.2, 0) is 0 Å². The van der Waals surface area contributed by atoms with Crippen molar-refractivity contribution < 1.29 is 13.3 Å². The summed E-state index contributed by atoms with van der Waals surface area (Å²) in [5.41, 5.74) is 10.7. The Morgan fingerprint density at radius 3 is 1.65 bits per heavy atom. The molecule has 268 valence electrons. The summed E-state index contributed by atoms with van der Waals surface area (Å²) in [4.78, 5) is 4.64. The molecule has 0 aliphatic carbocycles. The second-order valence-corrected chi connectivity index (χ2v) is 14.4. The van der Waals surface area contributed by atoms with Crippen LogP contribution in [0.25, 0.3) is 76.6 Å². The zero-order valence-corrected chi connectivity index (χ0v) is 30.6. The average molecular weight is 733 g/mol. The van der Waals surface area contributed by atoms with E-state index < -0.39 is 0 Å². The predicted molar refractivity (Wildman–Crippen MR) is 235 cm³/mol. The molecular weight excluding hydrogens is 701 g/mol. The average Bonchev–Trinajstić information content (AvgIpc) is 3.97. The van der Waals surface area contributed by atoms with Crippen LogP contribution in [-0.4, -0.2) is 0 Å². The molecule has 0 N–H and O–H groups in total. The van der Waals surface area contributed by atoms with Crippen molar-refractivity contribution in [2.24, 2.45) is 0 Å². The van der Waals surface area contributed by atoms with Crippen LogP contribution in [0, 0.1) is 0 Å². The van der Waals surface area contributed by atoms with Gasteiger partial charge in [0.05, 0.1) is 22.4 Å². The summed E-state index contributed by atoms with van der Waals surface area (Å²) in [6.07, 6.45) is 0. The van der Waals surface area contributed by atoms with Crippen LogP contribution in [0.5, 0.6) is 0 Å². The number of benzene rings is 9. The molecule has 0 fully saturated rings. The topological polar surface area (TPSA) is 45.9 Å². The molecule has 0 unspecified atom stereocenters. The van der Waals surface area contributed by atoms with Crippen LogP contribution in [0.15, 0.2) is 207 Å². The Balaban J connectivity index is 1.24. The van der Waals surface area contributed by atoms with Gasteiger partial charge in [-0.1, -0.05) is 121 Å². The van der Waals surface area contributed by atoms with Gasteiger partial charge in [-0.25, -0.2) is 0 Å². The van der Waals surface area contributed by atoms with Crippen LogP contribution >= 0.6 is 0 Å². The molecule has 0 radical (unpaired) electrons. The zero-order valence-electron chi connectivity index (χ0n) is 30.6. The normalized spacial score (nSPS) is 11.9. The number of hydrogen-bond acceptors (Lipinski definition) is 5. The Morgan fingerprint density at radius 1 is 0.281 bits per heavy atom. The van der Waals surface area contributed by atoms with Gasteiger partial charge in [-0.2, -0.15) is 0 Å². The Morgan fingerprint density at radius 2 is 0.842 bits per heavy atom. The minimum atomic E-state index is 0.780. The molecule has 9 aromatic carbocycles. The molecule has 3 heterocycles. The highest BCUT2D eigenvalue weighted by molar-refractivity contribution is 6.23. The van der Waals surface area contributed by atoms with Crippen molar-refractivity contribution >= 4 is 111 Å². The van der Waals surface area contributed by atoms with Crippen LogP contribution in [0.4, 0.5) is 34.1 Å². The molecule has 0 spiro atoms. The highest BCUT2D eigenvalue weighted by Gasteiger charge is 2.27. The van der Waals surface area contributed by atoms with E-state index in [1.54, 1.807) is 0 Å². The molecule has 12 rings (SSSR count). The smallest absolute Gasteiger partial charge is 0.159 e. The van der Waals surface area contributed by atoms with E-state index >= 15 is 0 Å². The summed E-state index contributed by atoms with van der Waals surface area (Å²) in [6, 6.07) is 67.6. The lowest BCUT2D eigenvalue weighted by atomic mass is 10.0. The van der Waals surface area contributed by atoms with Gasteiger partial charge in [0.1, 0.15) is 22.3 Å². The van der Waals surface area contributed by atoms with Gasteiger partial charge in [-0.3, -0.25) is 0 Å². The third-order valence-electron chi connectivity index (χ3n) is 11.2. The molecule has 0 bridgehead atoms. The van der Waals surface area contributed by atoms with E-state index in [1.165, 1.54) is 0 Å². The number of fused-ring (bicyclic) bond motifs is 11. The van der Waals surface area contributed by atoms with Gasteiger partial charge < -0.3 is 23.1 Å². The maximum atomic E-state index is 7.04. The number of para-hydroxylation sites is 5. The summed E-state index contributed by atoms with van der Waals surface area (Å²) >= 11 is 0. The van der Waals surface area contributed by atoms with Crippen LogP contribution in [0.1, 0.15) is 0 Å². The van der Waals surface area contributed by atoms with E-state index in [0.29, 0.717) is 0 Å². The highest BCUT2D eigenvalue weighted by atomic mass is 16.3. The minimum Gasteiger partial charge on any atom is -0.456 e. The second-order valence-electron chi connectivity index (χ2n) is 14.4. The molecule has 0 aliphatic heterocycles. The Kier molecular flexibility index (Phi) is 6.86. The molecule has 12 aromatic rings. The van der Waals surface area contributed by atoms with Gasteiger partial charge in [0.15, 0.2) is 11.2 Å². The maximum Gasteiger partial charge on any atom is 0.159 e. The molecular formula is C52H32N2O3. The fourth-order valence-corrected chi connectivity index (χ4v) is 8.75. The zero-order chi connectivity index (χ0) is 37.5. The first kappa shape index (κ1) is 31.6. The number of hydrogen-bond donors (Lipinski definition) is 0. The van der Waals surface area contributed by atoms with Crippen molar-refractivity contribution in [2.45, 2.75) is 0 Å². The predicted octanol–water partition coefficient (Wildman–Crippen LogP) is 15.5. The van der Waals surface area contributed by atoms with Crippen molar-refractivity contribution in [3.63, 3.8) is 0 Å². The fourth-order valence-electron chi connectivity index (χ4n) is 8.75. The fraction of sp³-hybridized carbons (Fsp3) is 0. The van der Waals surface area contributed by atoms with E-state index in [2.05, 4.69) is 180 Å². The van der Waals surface area contributed by atoms with Gasteiger partial charge in [0, 0.05) is 44.0 Å². The lowest BCUT2D eigenvalue weighted by Gasteiger charge is -2.30. The molecule has 0 amide bonds. The SMILES string of the molecule is c1ccc(N(c2cccc3c2oc2ccccc23)c2cc(N(c3ccccc3)c3cccc4oc5ccccc5c34)cc3c2oc2ccc4ccccc4c23)cc1. The third kappa shape index (κ3) is 4.82. The first-order chi connectivity index (χ1) is 28.3. The van der Waals surface area contributed by atoms with Gasteiger partial charge in [-0.05, 0) is 83.6 Å². The first-order valence-corrected chi connectivity index (χ1v) is 19.2. The highest BCUT2D eigenvalue weighted by Crippen LogP contribution is 2.51. The molecule has 0 atom stereocenters. The van der Waals surface area contributed by atoms with Crippen LogP contribution in [0.3, 0.4) is 0 Å². The largest absolute Gasteiger partial charge is 0.456 e. The van der Waals surface area contributed by atoms with E-state index in [0.717, 1.165) is 111 Å². The molecule has 0 saturated carbocycles. The van der Waals surface area contributed by atoms with Crippen molar-refractivity contribution in [2.75, 3.05) is 9.80 Å². The number of nitrogens with zero attached hydrogens (tertiary/aromatic N) is 2. The Bertz CT molecular complexity index is 3490. The molecule has 0 saturated heterocycles. The molecule has 57 heavy (non-hydrogen) atoms. The van der Waals surface area contributed by atoms with Crippen molar-refractivity contribution in [3.05, 3.63) is 194 Å². The van der Waals surface area contributed by atoms with E-state index in [9.17, 15) is 0 Å². The van der Waals surface area contributed by atoms with E-state index in [4.69, 9.17) is 13.3 Å². The summed E-state index contributed by atoms with van der Waals surface area (Å²) in [6.45, 7) is 0. The molecule has 0 aliphatic rings. The molecule has 5 nitrogen and oxygen atoms in total. The number of anilines is 6. The quantitative estimate of drug-likeness (QED) is 0.170. The summed E-state index contributed by atoms with van der Waals surface area (Å²) in [5, 5.41) is 8.61. The van der Waals surface area contributed by atoms with E-state index in [-0.39, 0.29) is 0 Å². The van der Waals surface area contributed by atoms with Gasteiger partial charge in [-0.15, -0.1) is 0 Å². The minimum absolute atomic E-state index is 0.780. The van der Waals surface area contributed by atoms with Crippen molar-refractivity contribution in [1.29, 1.82) is 0 Å². The van der Waals surface area contributed by atoms with E-state index in [1.807, 2.05) is 24.3 Å². The lowest BCUT2D eigenvalue weighted by molar-refractivity contribution is 0.666. The van der Waals surface area contributed by atoms with Crippen LogP contribution < -0.4 is 9.80 Å². The Hall–Kier alpha value is -7.76. The van der Waals surface area contributed by atoms with Gasteiger partial charge in [0.25, 0.3) is 0 Å². The number of furan rings is 3. The lowest BCUT2D eigenvalue weighted by Crippen LogP contribution is -2.14. The molecule has 3 aromatic heterocycles. The maximum absolute atomic E-state index is 7.04. The standard InChI is InChI=1S/C52H32N2O3/c1-3-16-34(17-4-1)53(42-24-14-28-47-50(42)40-22-10-12-27-46(40)55-47)36-31-41-49-37-20-8-7-15-33(37)29-30-48(49)57-52(41)44(32-36)54(35-18-5-2-6-19-35)43-25-13-23-39-38-21-9-11-26-45(38)56-51(39)43/h1-32H. The summed E-state index contributed by atoms with van der Waals surface area (Å²) < 4.78 is 20.2. The summed E-state index contributed by atoms with van der Waals surface area (Å²) in [5.74, 6) is 0. The summed E-state index contributed by atoms with van der Waals surface area (Å²) in [7, 11) is 0. The third-order valence-corrected chi connectivity index (χ3v) is 11.2. The second kappa shape index (κ2) is 12.4. The first-order valence-electron chi connectivity index (χ1n) is 19.2. The number of rotatable bonds is 6. The van der Waals surface area contributed by atoms with Crippen LogP contribution in [0.2, 0.25) is 0 Å². The van der Waals surface area contributed by atoms with Crippen molar-refractivity contribution in [1.82, 2.24) is 0 Å². The van der Waals surface area contributed by atoms with Gasteiger partial charge >= 0.3 is 0 Å². The van der Waals surface area contributed by atoms with Gasteiger partial charge in [0.2, 0.25) is 0 Å². The monoisotopic (exact) mass is 732 g/mol. The van der Waals surface area contributed by atoms with Crippen molar-refractivity contribution in [3.8, 4) is 0 Å². The Labute approximate surface area is 326 Å². The molecule has 5 heteroatoms.